The predicted molar refractivity (Wildman–Crippen MR) is 117 cm³/mol. The highest BCUT2D eigenvalue weighted by Crippen LogP contribution is 2.29. The number of aromatic nitrogens is 1. The van der Waals surface area contributed by atoms with Crippen molar-refractivity contribution in [3.63, 3.8) is 0 Å². The Labute approximate surface area is 177 Å². The molecule has 5 nitrogen and oxygen atoms in total. The molecule has 0 spiro atoms. The maximum Gasteiger partial charge on any atom is 0.243 e. The van der Waals surface area contributed by atoms with Crippen molar-refractivity contribution in [2.24, 2.45) is 0 Å². The van der Waals surface area contributed by atoms with Crippen LogP contribution in [0, 0.1) is 0 Å². The molecule has 6 heteroatoms. The van der Waals surface area contributed by atoms with Crippen LogP contribution in [0.3, 0.4) is 0 Å². The maximum absolute atomic E-state index is 13.2. The zero-order valence-electron chi connectivity index (χ0n) is 17.0. The van der Waals surface area contributed by atoms with Crippen molar-refractivity contribution in [2.45, 2.75) is 49.5 Å². The van der Waals surface area contributed by atoms with E-state index in [9.17, 15) is 8.42 Å². The van der Waals surface area contributed by atoms with Gasteiger partial charge in [0.05, 0.1) is 4.90 Å². The maximum atomic E-state index is 13.2. The van der Waals surface area contributed by atoms with E-state index in [1.165, 1.54) is 17.5 Å². The van der Waals surface area contributed by atoms with Crippen LogP contribution in [0.1, 0.15) is 36.8 Å². The number of hydrogen-bond donors (Lipinski definition) is 0. The van der Waals surface area contributed by atoms with Crippen LogP contribution in [-0.4, -0.2) is 36.9 Å². The van der Waals surface area contributed by atoms with Crippen LogP contribution in [0.15, 0.2) is 59.6 Å². The molecule has 2 aromatic carbocycles. The molecule has 2 aliphatic rings. The summed E-state index contributed by atoms with van der Waals surface area (Å²) in [5.41, 5.74) is 3.35. The minimum Gasteiger partial charge on any atom is -0.488 e. The lowest BCUT2D eigenvalue weighted by molar-refractivity contribution is 0.136. The fraction of sp³-hybridized carbons (Fsp3) is 0.375. The lowest BCUT2D eigenvalue weighted by atomic mass is 9.92. The number of ether oxygens (including phenoxy) is 1. The van der Waals surface area contributed by atoms with E-state index in [4.69, 9.17) is 4.74 Å². The molecule has 2 heterocycles. The van der Waals surface area contributed by atoms with Crippen molar-refractivity contribution in [1.29, 1.82) is 0 Å². The van der Waals surface area contributed by atoms with Gasteiger partial charge in [0.15, 0.2) is 0 Å². The van der Waals surface area contributed by atoms with Gasteiger partial charge in [-0.1, -0.05) is 24.3 Å². The number of benzene rings is 2. The predicted octanol–water partition coefficient (Wildman–Crippen LogP) is 4.35. The fourth-order valence-electron chi connectivity index (χ4n) is 4.56. The Morgan fingerprint density at radius 1 is 0.933 bits per heavy atom. The number of aryl methyl sites for hydroxylation is 2. The molecular formula is C24H26N2O3S. The van der Waals surface area contributed by atoms with E-state index in [1.54, 1.807) is 16.6 Å². The quantitative estimate of drug-likeness (QED) is 0.627. The van der Waals surface area contributed by atoms with Crippen molar-refractivity contribution < 1.29 is 13.2 Å². The van der Waals surface area contributed by atoms with Gasteiger partial charge in [-0.2, -0.15) is 4.31 Å². The van der Waals surface area contributed by atoms with Crippen molar-refractivity contribution in [1.82, 2.24) is 9.29 Å². The summed E-state index contributed by atoms with van der Waals surface area (Å²) in [4.78, 5) is 4.88. The van der Waals surface area contributed by atoms with Crippen LogP contribution in [0.2, 0.25) is 0 Å². The highest BCUT2D eigenvalue weighted by molar-refractivity contribution is 7.89. The molecule has 0 radical (unpaired) electrons. The van der Waals surface area contributed by atoms with Crippen LogP contribution >= 0.6 is 0 Å². The summed E-state index contributed by atoms with van der Waals surface area (Å²) in [5, 5.41) is 1.04. The van der Waals surface area contributed by atoms with E-state index in [2.05, 4.69) is 4.98 Å². The number of sulfonamides is 1. The summed E-state index contributed by atoms with van der Waals surface area (Å²) in [6.07, 6.45) is 7.48. The standard InChI is InChI=1S/C24H26N2O3S/c27-30(28,22-11-10-18-5-1-2-6-20(18)17-22)26-15-12-21(13-16-26)29-23-9-3-7-19-8-4-14-25-24(19)23/h3-4,7-11,14,17,21H,1-2,5-6,12-13,15-16H2. The zero-order valence-corrected chi connectivity index (χ0v) is 17.8. The first-order valence-corrected chi connectivity index (χ1v) is 12.2. The number of fused-ring (bicyclic) bond motifs is 2. The molecule has 1 saturated heterocycles. The summed E-state index contributed by atoms with van der Waals surface area (Å²) in [5.74, 6) is 0.768. The monoisotopic (exact) mass is 422 g/mol. The molecule has 1 aliphatic heterocycles. The molecule has 0 N–H and O–H groups in total. The summed E-state index contributed by atoms with van der Waals surface area (Å²) in [7, 11) is -3.46. The van der Waals surface area contributed by atoms with Gasteiger partial charge in [0, 0.05) is 24.7 Å². The average molecular weight is 423 g/mol. The molecule has 5 rings (SSSR count). The number of hydrogen-bond acceptors (Lipinski definition) is 4. The highest BCUT2D eigenvalue weighted by Gasteiger charge is 2.31. The molecule has 156 valence electrons. The van der Waals surface area contributed by atoms with Gasteiger partial charge in [0.25, 0.3) is 0 Å². The summed E-state index contributed by atoms with van der Waals surface area (Å²) < 4.78 is 34.2. The van der Waals surface area contributed by atoms with Crippen LogP contribution < -0.4 is 4.74 Å². The number of pyridine rings is 1. The second-order valence-corrected chi connectivity index (χ2v) is 10.1. The second-order valence-electron chi connectivity index (χ2n) is 8.19. The van der Waals surface area contributed by atoms with Gasteiger partial charge >= 0.3 is 0 Å². The summed E-state index contributed by atoms with van der Waals surface area (Å²) >= 11 is 0. The number of rotatable bonds is 4. The first-order valence-electron chi connectivity index (χ1n) is 10.7. The Hall–Kier alpha value is -2.44. The average Bonchev–Trinajstić information content (AvgIpc) is 2.79. The number of para-hydroxylation sites is 1. The van der Waals surface area contributed by atoms with E-state index >= 15 is 0 Å². The van der Waals surface area contributed by atoms with Crippen molar-refractivity contribution in [2.75, 3.05) is 13.1 Å². The summed E-state index contributed by atoms with van der Waals surface area (Å²) in [6.45, 7) is 0.949. The first kappa shape index (κ1) is 19.5. The largest absolute Gasteiger partial charge is 0.488 e. The lowest BCUT2D eigenvalue weighted by Crippen LogP contribution is -2.41. The Morgan fingerprint density at radius 2 is 1.70 bits per heavy atom. The van der Waals surface area contributed by atoms with Crippen LogP contribution in [0.4, 0.5) is 0 Å². The van der Waals surface area contributed by atoms with E-state index in [1.807, 2.05) is 42.5 Å². The van der Waals surface area contributed by atoms with Gasteiger partial charge in [-0.3, -0.25) is 4.98 Å². The Bertz CT molecular complexity index is 1160. The van der Waals surface area contributed by atoms with Crippen molar-refractivity contribution in [3.8, 4) is 5.75 Å². The molecule has 0 amide bonds. The lowest BCUT2D eigenvalue weighted by Gasteiger charge is -2.31. The van der Waals surface area contributed by atoms with Crippen molar-refractivity contribution >= 4 is 20.9 Å². The van der Waals surface area contributed by atoms with Gasteiger partial charge in [0.2, 0.25) is 10.0 Å². The van der Waals surface area contributed by atoms with E-state index < -0.39 is 10.0 Å². The van der Waals surface area contributed by atoms with E-state index in [-0.39, 0.29) is 6.10 Å². The third kappa shape index (κ3) is 3.70. The van der Waals surface area contributed by atoms with Crippen molar-refractivity contribution in [3.05, 3.63) is 65.9 Å². The molecule has 0 saturated carbocycles. The molecule has 1 aromatic heterocycles. The zero-order chi connectivity index (χ0) is 20.6. The summed E-state index contributed by atoms with van der Waals surface area (Å²) in [6, 6.07) is 15.5. The van der Waals surface area contributed by atoms with Gasteiger partial charge in [0.1, 0.15) is 17.4 Å². The number of piperidine rings is 1. The molecule has 30 heavy (non-hydrogen) atoms. The normalized spacial score (nSPS) is 18.3. The Kier molecular flexibility index (Phi) is 5.21. The third-order valence-corrected chi connectivity index (χ3v) is 8.14. The molecule has 1 aliphatic carbocycles. The highest BCUT2D eigenvalue weighted by atomic mass is 32.2. The first-order chi connectivity index (χ1) is 14.6. The topological polar surface area (TPSA) is 59.5 Å². The molecule has 1 fully saturated rings. The molecule has 0 bridgehead atoms. The number of nitrogens with zero attached hydrogens (tertiary/aromatic N) is 2. The second kappa shape index (κ2) is 8.00. The minimum absolute atomic E-state index is 0.00686. The minimum atomic E-state index is -3.46. The van der Waals surface area contributed by atoms with Gasteiger partial charge in [-0.25, -0.2) is 8.42 Å². The van der Waals surface area contributed by atoms with Gasteiger partial charge < -0.3 is 4.74 Å². The van der Waals surface area contributed by atoms with E-state index in [0.717, 1.165) is 35.9 Å². The molecule has 0 atom stereocenters. The third-order valence-electron chi connectivity index (χ3n) is 6.25. The SMILES string of the molecule is O=S(=O)(c1ccc2c(c1)CCCC2)N1CCC(Oc2cccc3cccnc23)CC1. The van der Waals surface area contributed by atoms with E-state index in [0.29, 0.717) is 30.8 Å². The van der Waals surface area contributed by atoms with Gasteiger partial charge in [-0.15, -0.1) is 0 Å². The van der Waals surface area contributed by atoms with Crippen LogP contribution in [-0.2, 0) is 22.9 Å². The van der Waals surface area contributed by atoms with Crippen LogP contribution in [0.25, 0.3) is 10.9 Å². The molecule has 3 aromatic rings. The smallest absolute Gasteiger partial charge is 0.243 e. The Balaban J connectivity index is 1.28. The van der Waals surface area contributed by atoms with Gasteiger partial charge in [-0.05, 0) is 73.9 Å². The fourth-order valence-corrected chi connectivity index (χ4v) is 6.08. The van der Waals surface area contributed by atoms with Crippen LogP contribution in [0.5, 0.6) is 5.75 Å². The molecular weight excluding hydrogens is 396 g/mol. The molecule has 0 unspecified atom stereocenters. The Morgan fingerprint density at radius 3 is 2.53 bits per heavy atom.